The van der Waals surface area contributed by atoms with E-state index in [2.05, 4.69) is 15.0 Å². The Balaban J connectivity index is -0.000000120. The average Bonchev–Trinajstić information content (AvgIpc) is 2.67. The number of nitrogens with zero attached hydrogens (tertiary/aromatic N) is 3. The van der Waals surface area contributed by atoms with E-state index in [1.807, 2.05) is 13.8 Å². The van der Waals surface area contributed by atoms with Gasteiger partial charge in [-0.25, -0.2) is 9.78 Å². The molecule has 3 atom stereocenters. The molecule has 41 heavy (non-hydrogen) atoms. The van der Waals surface area contributed by atoms with Crippen molar-refractivity contribution in [3.63, 3.8) is 0 Å². The molecule has 0 amide bonds. The maximum absolute atomic E-state index is 12.2. The minimum Gasteiger partial charge on any atom is -0.822 e. The van der Waals surface area contributed by atoms with Gasteiger partial charge in [0, 0.05) is 0 Å². The van der Waals surface area contributed by atoms with E-state index in [4.69, 9.17) is 24.4 Å². The first kappa shape index (κ1) is 60.4. The Morgan fingerprint density at radius 2 is 1.32 bits per heavy atom. The van der Waals surface area contributed by atoms with Crippen molar-refractivity contribution in [1.82, 2.24) is 19.5 Å². The van der Waals surface area contributed by atoms with Gasteiger partial charge in [-0.1, -0.05) is 0 Å². The van der Waals surface area contributed by atoms with Gasteiger partial charge in [0.15, 0.2) is 11.5 Å². The number of aliphatic hydroxyl groups is 4. The van der Waals surface area contributed by atoms with Crippen molar-refractivity contribution >= 4 is 18.9 Å². The third kappa shape index (κ3) is 17.3. The average molecular weight is 648 g/mol. The molecule has 0 aromatic heterocycles. The van der Waals surface area contributed by atoms with Gasteiger partial charge in [0.05, 0.1) is 24.2 Å². The molecule has 0 aliphatic carbocycles. The van der Waals surface area contributed by atoms with E-state index in [0.717, 1.165) is 11.1 Å². The molecule has 2 aliphatic rings. The number of aromatic nitrogens is 4. The largest absolute Gasteiger partial charge is 1.00 e. The number of nitrogens with one attached hydrogen (secondary N) is 1. The van der Waals surface area contributed by atoms with Gasteiger partial charge in [0.2, 0.25) is 0 Å². The molecular formula is C17H32N4Na3O16P. The summed E-state index contributed by atoms with van der Waals surface area (Å²) in [4.78, 5) is 59.6. The Labute approximate surface area is 297 Å². The number of H-pyrrole nitrogens is 1. The van der Waals surface area contributed by atoms with Crippen molar-refractivity contribution in [2.75, 3.05) is 6.61 Å². The normalized spacial score (nSPS) is 11.4. The molecular weight excluding hydrogens is 616 g/mol. The molecule has 3 rings (SSSR count). The molecule has 24 heteroatoms. The SMILES string of the molecule is Cc1cc2nc3c(=O)[nH]c(=O)nc-3n(C[C@@H](O)[C@@H](O)[C@@H](O)CO)c2cc1C.O.O.O.O.O.O.O=P([O-])([O-])[O-].[Na+].[Na+].[Na+]. The Morgan fingerprint density at radius 3 is 1.76 bits per heavy atom. The Bertz CT molecular complexity index is 1250. The van der Waals surface area contributed by atoms with Crippen LogP contribution in [0.15, 0.2) is 21.7 Å². The summed E-state index contributed by atoms with van der Waals surface area (Å²) < 4.78 is 9.95. The molecule has 0 spiro atoms. The number of aromatic amines is 1. The van der Waals surface area contributed by atoms with Crippen LogP contribution in [0.5, 0.6) is 0 Å². The van der Waals surface area contributed by atoms with Gasteiger partial charge in [-0.3, -0.25) is 9.78 Å². The van der Waals surface area contributed by atoms with Crippen LogP contribution in [0.25, 0.3) is 22.6 Å². The molecule has 0 saturated carbocycles. The fourth-order valence-electron chi connectivity index (χ4n) is 2.89. The molecule has 224 valence electrons. The Hall–Kier alpha value is 0.210. The third-order valence-corrected chi connectivity index (χ3v) is 4.57. The molecule has 20 nitrogen and oxygen atoms in total. The van der Waals surface area contributed by atoms with E-state index in [1.165, 1.54) is 4.57 Å². The first-order valence-corrected chi connectivity index (χ1v) is 10.5. The number of aryl methyl sites for hydroxylation is 2. The molecule has 0 radical (unpaired) electrons. The summed E-state index contributed by atoms with van der Waals surface area (Å²) in [5.41, 5.74) is 1.11. The molecule has 0 bridgehead atoms. The van der Waals surface area contributed by atoms with Gasteiger partial charge in [-0.15, -0.1) is 0 Å². The zero-order chi connectivity index (χ0) is 24.4. The topological polar surface area (TPSA) is 437 Å². The number of benzene rings is 1. The fourth-order valence-corrected chi connectivity index (χ4v) is 2.89. The first-order valence-electron chi connectivity index (χ1n) is 9.03. The van der Waals surface area contributed by atoms with Crippen LogP contribution in [0.2, 0.25) is 0 Å². The van der Waals surface area contributed by atoms with Crippen molar-refractivity contribution in [1.29, 1.82) is 0 Å². The van der Waals surface area contributed by atoms with E-state index in [1.54, 1.807) is 12.1 Å². The molecule has 1 aromatic rings. The number of aliphatic hydroxyl groups excluding tert-OH is 4. The van der Waals surface area contributed by atoms with E-state index < -0.39 is 44.0 Å². The number of fused-ring (bicyclic) bond motifs is 2. The second kappa shape index (κ2) is 25.5. The van der Waals surface area contributed by atoms with Crippen molar-refractivity contribution in [2.24, 2.45) is 0 Å². The van der Waals surface area contributed by atoms with Crippen LogP contribution in [0, 0.1) is 13.8 Å². The predicted octanol–water partition coefficient (Wildman–Crippen LogP) is -18.5. The van der Waals surface area contributed by atoms with Gasteiger partial charge >= 0.3 is 94.4 Å². The monoisotopic (exact) mass is 648 g/mol. The Kier molecular flexibility index (Phi) is 37.6. The van der Waals surface area contributed by atoms with Crippen LogP contribution in [0.1, 0.15) is 11.1 Å². The van der Waals surface area contributed by atoms with Crippen molar-refractivity contribution in [3.8, 4) is 11.5 Å². The Morgan fingerprint density at radius 1 is 0.878 bits per heavy atom. The van der Waals surface area contributed by atoms with Crippen molar-refractivity contribution in [3.05, 3.63) is 44.1 Å². The van der Waals surface area contributed by atoms with E-state index in [-0.39, 0.29) is 140 Å². The fraction of sp³-hybridized carbons (Fsp3) is 0.412. The number of phosphoric acid groups is 1. The smallest absolute Gasteiger partial charge is 0.822 e. The minimum atomic E-state index is -5.39. The summed E-state index contributed by atoms with van der Waals surface area (Å²) in [6.45, 7) is 2.73. The maximum Gasteiger partial charge on any atom is 1.00 e. The van der Waals surface area contributed by atoms with Gasteiger partial charge in [0.1, 0.15) is 18.3 Å². The molecule has 0 unspecified atom stereocenters. The maximum atomic E-state index is 12.2. The second-order valence-corrected chi connectivity index (χ2v) is 7.84. The molecule has 2 aliphatic heterocycles. The van der Waals surface area contributed by atoms with Crippen LogP contribution < -0.4 is 115 Å². The summed E-state index contributed by atoms with van der Waals surface area (Å²) in [6, 6.07) is 3.53. The first-order chi connectivity index (χ1) is 14.7. The second-order valence-electron chi connectivity index (χ2n) is 6.95. The van der Waals surface area contributed by atoms with E-state index in [0.29, 0.717) is 11.0 Å². The number of hydrogen-bond donors (Lipinski definition) is 5. The molecule has 0 saturated heterocycles. The predicted molar refractivity (Wildman–Crippen MR) is 125 cm³/mol. The molecule has 0 fully saturated rings. The standard InChI is InChI=1S/C17H20N4O6.3Na.H3O4P.6H2O/c1-7-3-9-10(4-8(7)2)21(5-11(23)14(25)12(24)6-22)15-13(18-9)16(26)20-17(27)19-15;;;;1-5(2,3)4;;;;;;/h3-4,11-12,14,22-25H,5-6H2,1-2H3,(H,20,26,27);;;;(H3,1,2,3,4);6*1H2/q;3*+1;;;;;;;/p-3/t11-,12+,14-;;;;;;;;;;/m1........../s1. The van der Waals surface area contributed by atoms with Gasteiger partial charge in [-0.2, -0.15) is 12.8 Å². The summed E-state index contributed by atoms with van der Waals surface area (Å²) >= 11 is 0. The van der Waals surface area contributed by atoms with Crippen LogP contribution in [-0.4, -0.2) is 97.7 Å². The zero-order valence-electron chi connectivity index (χ0n) is 22.8. The summed E-state index contributed by atoms with van der Waals surface area (Å²) in [5, 5.41) is 38.8. The summed E-state index contributed by atoms with van der Waals surface area (Å²) in [7, 11) is -5.39. The number of hydrogen-bond acceptors (Lipinski definition) is 12. The van der Waals surface area contributed by atoms with Gasteiger partial charge in [0.25, 0.3) is 5.56 Å². The zero-order valence-corrected chi connectivity index (χ0v) is 29.7. The molecule has 2 heterocycles. The van der Waals surface area contributed by atoms with E-state index >= 15 is 0 Å². The number of rotatable bonds is 5. The van der Waals surface area contributed by atoms with Crippen LogP contribution >= 0.6 is 7.82 Å². The molecule has 17 N–H and O–H groups in total. The van der Waals surface area contributed by atoms with Gasteiger partial charge in [-0.05, 0) is 37.1 Å². The van der Waals surface area contributed by atoms with Crippen molar-refractivity contribution in [2.45, 2.75) is 38.7 Å². The van der Waals surface area contributed by atoms with Crippen LogP contribution in [0.3, 0.4) is 0 Å². The van der Waals surface area contributed by atoms with Crippen LogP contribution in [-0.2, 0) is 11.1 Å². The third-order valence-electron chi connectivity index (χ3n) is 4.57. The summed E-state index contributed by atoms with van der Waals surface area (Å²) in [6.07, 6.45) is -4.68. The quantitative estimate of drug-likeness (QED) is 0.0978. The van der Waals surface area contributed by atoms with Gasteiger partial charge < -0.3 is 77.1 Å². The minimum absolute atomic E-state index is 0. The van der Waals surface area contributed by atoms with E-state index in [9.17, 15) is 24.9 Å². The molecule has 1 aromatic carbocycles. The van der Waals surface area contributed by atoms with Crippen LogP contribution in [0.4, 0.5) is 0 Å². The van der Waals surface area contributed by atoms with Crippen molar-refractivity contribution < 1.29 is 161 Å². The summed E-state index contributed by atoms with van der Waals surface area (Å²) in [5.74, 6) is -0.0516.